The Morgan fingerprint density at radius 1 is 1.00 bits per heavy atom. The Kier molecular flexibility index (Phi) is 6.94. The van der Waals surface area contributed by atoms with Gasteiger partial charge in [-0.3, -0.25) is 4.79 Å². The highest BCUT2D eigenvalue weighted by Crippen LogP contribution is 2.17. The van der Waals surface area contributed by atoms with Crippen LogP contribution >= 0.6 is 0 Å². The van der Waals surface area contributed by atoms with Crippen molar-refractivity contribution >= 4 is 17.6 Å². The maximum Gasteiger partial charge on any atom is 0.318 e. The quantitative estimate of drug-likeness (QED) is 0.785. The number of ether oxygens (including phenoxy) is 1. The molecule has 1 aliphatic heterocycles. The van der Waals surface area contributed by atoms with Crippen molar-refractivity contribution in [3.05, 3.63) is 60.2 Å². The van der Waals surface area contributed by atoms with Crippen LogP contribution in [0.4, 0.5) is 10.5 Å². The highest BCUT2D eigenvalue weighted by molar-refractivity contribution is 5.86. The largest absolute Gasteiger partial charge is 0.496 e. The molecule has 0 spiro atoms. The van der Waals surface area contributed by atoms with Crippen molar-refractivity contribution < 1.29 is 14.3 Å². The van der Waals surface area contributed by atoms with E-state index in [4.69, 9.17) is 4.74 Å². The third-order valence-electron chi connectivity index (χ3n) is 5.07. The van der Waals surface area contributed by atoms with Crippen molar-refractivity contribution in [1.29, 1.82) is 0 Å². The summed E-state index contributed by atoms with van der Waals surface area (Å²) in [4.78, 5) is 28.9. The fourth-order valence-electron chi connectivity index (χ4n) is 3.33. The second-order valence-electron chi connectivity index (χ2n) is 7.01. The first kappa shape index (κ1) is 20.5. The SMILES string of the molecule is COc1ccccc1CNC(=O)[C@H](C)NC(=O)N1CCN(c2ccccc2)CC1. The highest BCUT2D eigenvalue weighted by atomic mass is 16.5. The van der Waals surface area contributed by atoms with Crippen LogP contribution in [0.5, 0.6) is 5.75 Å². The Morgan fingerprint density at radius 3 is 2.34 bits per heavy atom. The molecule has 2 aromatic rings. The molecule has 1 fully saturated rings. The molecule has 1 heterocycles. The predicted octanol–water partition coefficient (Wildman–Crippen LogP) is 2.23. The first-order chi connectivity index (χ1) is 14.1. The zero-order chi connectivity index (χ0) is 20.6. The number of hydrogen-bond acceptors (Lipinski definition) is 4. The fourth-order valence-corrected chi connectivity index (χ4v) is 3.33. The maximum atomic E-state index is 12.5. The third-order valence-corrected chi connectivity index (χ3v) is 5.07. The first-order valence-electron chi connectivity index (χ1n) is 9.83. The van der Waals surface area contributed by atoms with Gasteiger partial charge in [-0.2, -0.15) is 0 Å². The van der Waals surface area contributed by atoms with E-state index in [1.165, 1.54) is 0 Å². The monoisotopic (exact) mass is 396 g/mol. The van der Waals surface area contributed by atoms with Gasteiger partial charge in [0.25, 0.3) is 0 Å². The normalized spacial score (nSPS) is 14.8. The molecule has 2 N–H and O–H groups in total. The maximum absolute atomic E-state index is 12.5. The van der Waals surface area contributed by atoms with Gasteiger partial charge in [-0.25, -0.2) is 4.79 Å². The van der Waals surface area contributed by atoms with E-state index in [1.54, 1.807) is 18.9 Å². The summed E-state index contributed by atoms with van der Waals surface area (Å²) in [7, 11) is 1.60. The molecule has 2 aromatic carbocycles. The summed E-state index contributed by atoms with van der Waals surface area (Å²) in [6.07, 6.45) is 0. The van der Waals surface area contributed by atoms with Crippen LogP contribution in [0.25, 0.3) is 0 Å². The summed E-state index contributed by atoms with van der Waals surface area (Å²) in [5.74, 6) is 0.493. The lowest BCUT2D eigenvalue weighted by molar-refractivity contribution is -0.122. The van der Waals surface area contributed by atoms with Crippen LogP contribution in [0, 0.1) is 0 Å². The van der Waals surface area contributed by atoms with Gasteiger partial charge in [0.05, 0.1) is 7.11 Å². The average Bonchev–Trinajstić information content (AvgIpc) is 2.78. The number of anilines is 1. The second-order valence-corrected chi connectivity index (χ2v) is 7.01. The molecule has 1 atom stereocenters. The number of nitrogens with one attached hydrogen (secondary N) is 2. The number of para-hydroxylation sites is 2. The van der Waals surface area contributed by atoms with E-state index in [9.17, 15) is 9.59 Å². The zero-order valence-electron chi connectivity index (χ0n) is 16.9. The van der Waals surface area contributed by atoms with Crippen molar-refractivity contribution in [2.45, 2.75) is 19.5 Å². The number of carbonyl (C=O) groups excluding carboxylic acids is 2. The van der Waals surface area contributed by atoms with Crippen LogP contribution in [0.3, 0.4) is 0 Å². The molecule has 0 aliphatic carbocycles. The summed E-state index contributed by atoms with van der Waals surface area (Å²) in [6.45, 7) is 4.82. The molecule has 0 saturated carbocycles. The van der Waals surface area contributed by atoms with Crippen molar-refractivity contribution in [2.24, 2.45) is 0 Å². The molecular formula is C22H28N4O3. The van der Waals surface area contributed by atoms with Crippen LogP contribution in [0.15, 0.2) is 54.6 Å². The molecule has 0 aromatic heterocycles. The van der Waals surface area contributed by atoms with Gasteiger partial charge in [0.1, 0.15) is 11.8 Å². The van der Waals surface area contributed by atoms with E-state index < -0.39 is 6.04 Å². The Labute approximate surface area is 171 Å². The van der Waals surface area contributed by atoms with Crippen LogP contribution in [0.1, 0.15) is 12.5 Å². The third kappa shape index (κ3) is 5.40. The molecular weight excluding hydrogens is 368 g/mol. The molecule has 3 amide bonds. The molecule has 0 unspecified atom stereocenters. The summed E-state index contributed by atoms with van der Waals surface area (Å²) in [6, 6.07) is 16.9. The molecule has 3 rings (SSSR count). The Balaban J connectivity index is 1.44. The standard InChI is InChI=1S/C22H28N4O3/c1-17(21(27)23-16-18-8-6-7-11-20(18)29-2)24-22(28)26-14-12-25(13-15-26)19-9-4-3-5-10-19/h3-11,17H,12-16H2,1-2H3,(H,23,27)(H,24,28)/t17-/m0/s1. The number of piperazine rings is 1. The van der Waals surface area contributed by atoms with E-state index in [1.807, 2.05) is 42.5 Å². The number of methoxy groups -OCH3 is 1. The lowest BCUT2D eigenvalue weighted by Crippen LogP contribution is -2.55. The van der Waals surface area contributed by atoms with Gasteiger partial charge < -0.3 is 25.2 Å². The van der Waals surface area contributed by atoms with Crippen molar-refractivity contribution in [1.82, 2.24) is 15.5 Å². The number of urea groups is 1. The van der Waals surface area contributed by atoms with E-state index in [0.29, 0.717) is 19.6 Å². The van der Waals surface area contributed by atoms with Crippen molar-refractivity contribution in [3.8, 4) is 5.75 Å². The number of benzene rings is 2. The minimum absolute atomic E-state index is 0.211. The average molecular weight is 396 g/mol. The topological polar surface area (TPSA) is 73.9 Å². The van der Waals surface area contributed by atoms with Crippen LogP contribution in [-0.4, -0.2) is 56.2 Å². The van der Waals surface area contributed by atoms with Gasteiger partial charge >= 0.3 is 6.03 Å². The minimum atomic E-state index is -0.621. The molecule has 1 saturated heterocycles. The summed E-state index contributed by atoms with van der Waals surface area (Å²) < 4.78 is 5.29. The molecule has 7 nitrogen and oxygen atoms in total. The molecule has 29 heavy (non-hydrogen) atoms. The summed E-state index contributed by atoms with van der Waals surface area (Å²) in [5.41, 5.74) is 2.05. The van der Waals surface area contributed by atoms with Gasteiger partial charge in [0.15, 0.2) is 0 Å². The van der Waals surface area contributed by atoms with E-state index in [2.05, 4.69) is 27.7 Å². The van der Waals surface area contributed by atoms with Crippen molar-refractivity contribution in [2.75, 3.05) is 38.2 Å². The first-order valence-corrected chi connectivity index (χ1v) is 9.83. The zero-order valence-corrected chi connectivity index (χ0v) is 16.9. The fraction of sp³-hybridized carbons (Fsp3) is 0.364. The lowest BCUT2D eigenvalue weighted by atomic mass is 10.2. The molecule has 0 radical (unpaired) electrons. The highest BCUT2D eigenvalue weighted by Gasteiger charge is 2.24. The van der Waals surface area contributed by atoms with Crippen LogP contribution in [0.2, 0.25) is 0 Å². The number of rotatable bonds is 6. The lowest BCUT2D eigenvalue weighted by Gasteiger charge is -2.36. The minimum Gasteiger partial charge on any atom is -0.496 e. The second kappa shape index (κ2) is 9.82. The van der Waals surface area contributed by atoms with E-state index in [0.717, 1.165) is 30.1 Å². The Bertz CT molecular complexity index is 820. The molecule has 1 aliphatic rings. The van der Waals surface area contributed by atoms with Gasteiger partial charge in [0.2, 0.25) is 5.91 Å². The predicted molar refractivity (Wildman–Crippen MR) is 113 cm³/mol. The summed E-state index contributed by atoms with van der Waals surface area (Å²) in [5, 5.41) is 5.64. The molecule has 154 valence electrons. The van der Waals surface area contributed by atoms with Crippen molar-refractivity contribution in [3.63, 3.8) is 0 Å². The van der Waals surface area contributed by atoms with Crippen LogP contribution < -0.4 is 20.3 Å². The van der Waals surface area contributed by atoms with Gasteiger partial charge in [-0.15, -0.1) is 0 Å². The van der Waals surface area contributed by atoms with Gasteiger partial charge in [-0.05, 0) is 25.1 Å². The molecule has 0 bridgehead atoms. The number of amides is 3. The number of carbonyl (C=O) groups is 2. The Morgan fingerprint density at radius 2 is 1.66 bits per heavy atom. The Hall–Kier alpha value is -3.22. The summed E-state index contributed by atoms with van der Waals surface area (Å²) >= 11 is 0. The van der Waals surface area contributed by atoms with Gasteiger partial charge in [-0.1, -0.05) is 36.4 Å². The van der Waals surface area contributed by atoms with Gasteiger partial charge in [0, 0.05) is 44.0 Å². The van der Waals surface area contributed by atoms with E-state index >= 15 is 0 Å². The molecule has 7 heteroatoms. The van der Waals surface area contributed by atoms with E-state index in [-0.39, 0.29) is 11.9 Å². The smallest absolute Gasteiger partial charge is 0.318 e. The van der Waals surface area contributed by atoms with Crippen LogP contribution in [-0.2, 0) is 11.3 Å². The number of hydrogen-bond donors (Lipinski definition) is 2. The number of nitrogens with zero attached hydrogens (tertiary/aromatic N) is 2.